The van der Waals surface area contributed by atoms with Crippen LogP contribution in [0.4, 0.5) is 5.69 Å². The molecule has 2 amide bonds. The number of hydrogen-bond acceptors (Lipinski definition) is 4. The smallest absolute Gasteiger partial charge is 0.263 e. The van der Waals surface area contributed by atoms with Gasteiger partial charge >= 0.3 is 0 Å². The number of carbonyl (C=O) groups is 2. The predicted molar refractivity (Wildman–Crippen MR) is 76.6 cm³/mol. The molecule has 0 atom stereocenters. The molecule has 2 aromatic rings. The van der Waals surface area contributed by atoms with Gasteiger partial charge in [-0.3, -0.25) is 14.6 Å². The van der Waals surface area contributed by atoms with Gasteiger partial charge in [-0.15, -0.1) is 11.3 Å². The summed E-state index contributed by atoms with van der Waals surface area (Å²) in [5.41, 5.74) is 0.730. The van der Waals surface area contributed by atoms with E-state index in [1.807, 2.05) is 11.4 Å². The van der Waals surface area contributed by atoms with E-state index in [1.54, 1.807) is 35.5 Å². The fourth-order valence-corrected chi connectivity index (χ4v) is 2.74. The van der Waals surface area contributed by atoms with Crippen molar-refractivity contribution in [3.8, 4) is 0 Å². The number of pyridine rings is 1. The Bertz CT molecular complexity index is 607. The summed E-state index contributed by atoms with van der Waals surface area (Å²) in [5, 5.41) is 4.70. The Morgan fingerprint density at radius 3 is 2.65 bits per heavy atom. The molecule has 1 fully saturated rings. The normalized spacial score (nSPS) is 14.7. The van der Waals surface area contributed by atoms with Gasteiger partial charge in [0.2, 0.25) is 5.91 Å². The van der Waals surface area contributed by atoms with Crippen LogP contribution >= 0.6 is 11.3 Å². The number of likely N-dealkylation sites (tertiary alicyclic amines) is 1. The average Bonchev–Trinajstić information content (AvgIpc) is 2.91. The van der Waals surface area contributed by atoms with E-state index in [9.17, 15) is 9.59 Å². The summed E-state index contributed by atoms with van der Waals surface area (Å²) in [6, 6.07) is 7.14. The van der Waals surface area contributed by atoms with Crippen molar-refractivity contribution in [2.75, 3.05) is 18.4 Å². The quantitative estimate of drug-likeness (QED) is 0.937. The summed E-state index contributed by atoms with van der Waals surface area (Å²) in [4.78, 5) is 30.3. The van der Waals surface area contributed by atoms with Crippen LogP contribution in [0, 0.1) is 5.92 Å². The minimum Gasteiger partial charge on any atom is -0.336 e. The lowest BCUT2D eigenvalue weighted by atomic mass is 9.99. The lowest BCUT2D eigenvalue weighted by Gasteiger charge is -2.37. The van der Waals surface area contributed by atoms with Crippen LogP contribution in [0.5, 0.6) is 0 Å². The van der Waals surface area contributed by atoms with E-state index in [0.717, 1.165) is 10.6 Å². The Balaban J connectivity index is 1.53. The highest BCUT2D eigenvalue weighted by Crippen LogP contribution is 2.22. The molecular formula is C14H13N3O2S. The molecule has 2 aromatic heterocycles. The molecule has 1 aliphatic heterocycles. The molecule has 0 unspecified atom stereocenters. The molecule has 3 rings (SSSR count). The van der Waals surface area contributed by atoms with Crippen molar-refractivity contribution in [1.29, 1.82) is 0 Å². The monoisotopic (exact) mass is 287 g/mol. The van der Waals surface area contributed by atoms with Crippen LogP contribution in [0.15, 0.2) is 42.0 Å². The van der Waals surface area contributed by atoms with E-state index >= 15 is 0 Å². The molecule has 6 heteroatoms. The molecule has 5 nitrogen and oxygen atoms in total. The van der Waals surface area contributed by atoms with Crippen LogP contribution < -0.4 is 5.32 Å². The Morgan fingerprint density at radius 2 is 2.00 bits per heavy atom. The summed E-state index contributed by atoms with van der Waals surface area (Å²) >= 11 is 1.42. The van der Waals surface area contributed by atoms with Crippen molar-refractivity contribution in [1.82, 2.24) is 9.88 Å². The van der Waals surface area contributed by atoms with E-state index < -0.39 is 0 Å². The van der Waals surface area contributed by atoms with Gasteiger partial charge < -0.3 is 10.2 Å². The van der Waals surface area contributed by atoms with Gasteiger partial charge in [0.1, 0.15) is 0 Å². The molecule has 0 aliphatic carbocycles. The Morgan fingerprint density at radius 1 is 1.25 bits per heavy atom. The lowest BCUT2D eigenvalue weighted by molar-refractivity contribution is -0.123. The number of carbonyl (C=O) groups excluding carboxylic acids is 2. The molecule has 0 aromatic carbocycles. The van der Waals surface area contributed by atoms with E-state index in [4.69, 9.17) is 0 Å². The van der Waals surface area contributed by atoms with E-state index in [0.29, 0.717) is 13.1 Å². The second-order valence-electron chi connectivity index (χ2n) is 4.61. The second kappa shape index (κ2) is 5.42. The molecule has 0 spiro atoms. The van der Waals surface area contributed by atoms with E-state index in [2.05, 4.69) is 10.3 Å². The summed E-state index contributed by atoms with van der Waals surface area (Å²) in [6.45, 7) is 0.960. The molecule has 1 N–H and O–H groups in total. The van der Waals surface area contributed by atoms with E-state index in [1.165, 1.54) is 11.3 Å². The SMILES string of the molecule is O=C(Nc1ccncc1)C1CN(C(=O)c2cccs2)C1. The average molecular weight is 287 g/mol. The minimum atomic E-state index is -0.132. The van der Waals surface area contributed by atoms with Crippen LogP contribution in [0.3, 0.4) is 0 Å². The third kappa shape index (κ3) is 2.55. The highest BCUT2D eigenvalue weighted by molar-refractivity contribution is 7.12. The Kier molecular flexibility index (Phi) is 3.47. The van der Waals surface area contributed by atoms with Crippen molar-refractivity contribution >= 4 is 28.8 Å². The van der Waals surface area contributed by atoms with Crippen molar-refractivity contribution < 1.29 is 9.59 Å². The van der Waals surface area contributed by atoms with Gasteiger partial charge in [0, 0.05) is 31.2 Å². The first-order chi connectivity index (χ1) is 9.74. The van der Waals surface area contributed by atoms with Gasteiger partial charge in [-0.25, -0.2) is 0 Å². The maximum atomic E-state index is 12.0. The summed E-state index contributed by atoms with van der Waals surface area (Å²) in [6.07, 6.45) is 3.26. The van der Waals surface area contributed by atoms with Crippen molar-refractivity contribution in [3.05, 3.63) is 46.9 Å². The number of nitrogens with zero attached hydrogens (tertiary/aromatic N) is 2. The third-order valence-electron chi connectivity index (χ3n) is 3.22. The van der Waals surface area contributed by atoms with Crippen LogP contribution in [0.25, 0.3) is 0 Å². The first kappa shape index (κ1) is 12.8. The predicted octanol–water partition coefficient (Wildman–Crippen LogP) is 1.85. The fourth-order valence-electron chi connectivity index (χ4n) is 2.05. The number of anilines is 1. The van der Waals surface area contributed by atoms with Gasteiger partial charge in [0.05, 0.1) is 10.8 Å². The number of aromatic nitrogens is 1. The molecule has 1 aliphatic rings. The zero-order valence-corrected chi connectivity index (χ0v) is 11.5. The van der Waals surface area contributed by atoms with Crippen molar-refractivity contribution in [2.45, 2.75) is 0 Å². The van der Waals surface area contributed by atoms with Crippen LogP contribution in [-0.2, 0) is 4.79 Å². The minimum absolute atomic E-state index is 0.00737. The standard InChI is InChI=1S/C14H13N3O2S/c18-13(16-11-3-5-15-6-4-11)10-8-17(9-10)14(19)12-2-1-7-20-12/h1-7,10H,8-9H2,(H,15,16,18). The Labute approximate surface area is 120 Å². The first-order valence-electron chi connectivity index (χ1n) is 6.28. The molecule has 3 heterocycles. The second-order valence-corrected chi connectivity index (χ2v) is 5.56. The number of thiophene rings is 1. The van der Waals surface area contributed by atoms with Crippen LogP contribution in [0.2, 0.25) is 0 Å². The maximum absolute atomic E-state index is 12.0. The van der Waals surface area contributed by atoms with Gasteiger partial charge in [0.15, 0.2) is 0 Å². The Hall–Kier alpha value is -2.21. The fraction of sp³-hybridized carbons (Fsp3) is 0.214. The molecule has 20 heavy (non-hydrogen) atoms. The summed E-state index contributed by atoms with van der Waals surface area (Å²) in [5.74, 6) is -0.175. The van der Waals surface area contributed by atoms with E-state index in [-0.39, 0.29) is 17.7 Å². The summed E-state index contributed by atoms with van der Waals surface area (Å²) in [7, 11) is 0. The highest BCUT2D eigenvalue weighted by atomic mass is 32.1. The first-order valence-corrected chi connectivity index (χ1v) is 7.15. The third-order valence-corrected chi connectivity index (χ3v) is 4.08. The molecule has 102 valence electrons. The molecule has 1 saturated heterocycles. The van der Waals surface area contributed by atoms with Gasteiger partial charge in [-0.05, 0) is 23.6 Å². The van der Waals surface area contributed by atoms with Crippen molar-refractivity contribution in [3.63, 3.8) is 0 Å². The lowest BCUT2D eigenvalue weighted by Crippen LogP contribution is -2.54. The van der Waals surface area contributed by atoms with Gasteiger partial charge in [-0.2, -0.15) is 0 Å². The summed E-state index contributed by atoms with van der Waals surface area (Å²) < 4.78 is 0. The number of nitrogens with one attached hydrogen (secondary N) is 1. The number of rotatable bonds is 3. The topological polar surface area (TPSA) is 62.3 Å². The van der Waals surface area contributed by atoms with Crippen LogP contribution in [-0.4, -0.2) is 34.8 Å². The molecule has 0 bridgehead atoms. The zero-order chi connectivity index (χ0) is 13.9. The molecule has 0 radical (unpaired) electrons. The highest BCUT2D eigenvalue weighted by Gasteiger charge is 2.36. The molecular weight excluding hydrogens is 274 g/mol. The number of amides is 2. The van der Waals surface area contributed by atoms with Crippen LogP contribution in [0.1, 0.15) is 9.67 Å². The molecule has 0 saturated carbocycles. The van der Waals surface area contributed by atoms with Gasteiger partial charge in [-0.1, -0.05) is 6.07 Å². The zero-order valence-electron chi connectivity index (χ0n) is 10.7. The van der Waals surface area contributed by atoms with Gasteiger partial charge in [0.25, 0.3) is 5.91 Å². The largest absolute Gasteiger partial charge is 0.336 e. The van der Waals surface area contributed by atoms with Crippen molar-refractivity contribution in [2.24, 2.45) is 5.92 Å². The number of hydrogen-bond donors (Lipinski definition) is 1. The maximum Gasteiger partial charge on any atom is 0.263 e.